The van der Waals surface area contributed by atoms with E-state index in [9.17, 15) is 10.1 Å². The summed E-state index contributed by atoms with van der Waals surface area (Å²) in [6.07, 6.45) is 0. The van der Waals surface area contributed by atoms with E-state index in [1.807, 2.05) is 13.8 Å². The third kappa shape index (κ3) is 3.30. The van der Waals surface area contributed by atoms with Gasteiger partial charge in [-0.3, -0.25) is 10.1 Å². The van der Waals surface area contributed by atoms with Gasteiger partial charge in [0.2, 0.25) is 5.82 Å². The number of anilines is 2. The van der Waals surface area contributed by atoms with Crippen LogP contribution < -0.4 is 10.6 Å². The summed E-state index contributed by atoms with van der Waals surface area (Å²) in [5.74, 6) is 0.733. The standard InChI is InChI=1S/C11H18N4O3/c1-7(6-16)8(2)13-11-9(15(17)18)4-5-10(12-3)14-11/h4-5,7-8,16H,6H2,1-3H3,(H2,12,13,14). The molecule has 1 aromatic rings. The number of hydrogen-bond donors (Lipinski definition) is 3. The van der Waals surface area contributed by atoms with Gasteiger partial charge in [0.15, 0.2) is 0 Å². The van der Waals surface area contributed by atoms with Crippen molar-refractivity contribution in [3.8, 4) is 0 Å². The molecule has 1 heterocycles. The SMILES string of the molecule is CNc1ccc([N+](=O)[O-])c(NC(C)C(C)CO)n1. The molecule has 0 saturated carbocycles. The Bertz CT molecular complexity index is 425. The Morgan fingerprint density at radius 1 is 1.50 bits per heavy atom. The highest BCUT2D eigenvalue weighted by Crippen LogP contribution is 2.25. The summed E-state index contributed by atoms with van der Waals surface area (Å²) in [7, 11) is 1.69. The van der Waals surface area contributed by atoms with Crippen molar-refractivity contribution in [2.45, 2.75) is 19.9 Å². The van der Waals surface area contributed by atoms with Gasteiger partial charge in [-0.2, -0.15) is 0 Å². The largest absolute Gasteiger partial charge is 0.396 e. The van der Waals surface area contributed by atoms with Gasteiger partial charge in [-0.25, -0.2) is 4.98 Å². The van der Waals surface area contributed by atoms with Gasteiger partial charge in [-0.15, -0.1) is 0 Å². The number of nitrogens with zero attached hydrogens (tertiary/aromatic N) is 2. The number of aliphatic hydroxyl groups is 1. The van der Waals surface area contributed by atoms with E-state index in [2.05, 4.69) is 15.6 Å². The Morgan fingerprint density at radius 3 is 2.67 bits per heavy atom. The zero-order chi connectivity index (χ0) is 13.7. The van der Waals surface area contributed by atoms with Gasteiger partial charge in [0.1, 0.15) is 5.82 Å². The molecule has 1 aromatic heterocycles. The number of hydrogen-bond acceptors (Lipinski definition) is 6. The molecule has 0 aliphatic carbocycles. The zero-order valence-corrected chi connectivity index (χ0v) is 10.7. The Morgan fingerprint density at radius 2 is 2.17 bits per heavy atom. The van der Waals surface area contributed by atoms with E-state index in [1.54, 1.807) is 13.1 Å². The number of pyridine rings is 1. The average Bonchev–Trinajstić information content (AvgIpc) is 2.37. The molecular formula is C11H18N4O3. The van der Waals surface area contributed by atoms with Crippen LogP contribution >= 0.6 is 0 Å². The minimum Gasteiger partial charge on any atom is -0.396 e. The first-order valence-electron chi connectivity index (χ1n) is 5.70. The van der Waals surface area contributed by atoms with Crippen LogP contribution in [0.15, 0.2) is 12.1 Å². The van der Waals surface area contributed by atoms with E-state index in [1.165, 1.54) is 6.07 Å². The molecule has 2 unspecified atom stereocenters. The number of nitrogens with one attached hydrogen (secondary N) is 2. The summed E-state index contributed by atoms with van der Waals surface area (Å²) in [5.41, 5.74) is -0.0778. The molecule has 0 fully saturated rings. The van der Waals surface area contributed by atoms with Gasteiger partial charge < -0.3 is 15.7 Å². The van der Waals surface area contributed by atoms with Crippen LogP contribution in [0.4, 0.5) is 17.3 Å². The summed E-state index contributed by atoms with van der Waals surface area (Å²) in [4.78, 5) is 14.5. The molecule has 1 rings (SSSR count). The summed E-state index contributed by atoms with van der Waals surface area (Å²) in [6, 6.07) is 2.83. The van der Waals surface area contributed by atoms with Crippen molar-refractivity contribution in [2.24, 2.45) is 5.92 Å². The van der Waals surface area contributed by atoms with Crippen molar-refractivity contribution in [3.05, 3.63) is 22.2 Å². The highest BCUT2D eigenvalue weighted by Gasteiger charge is 2.19. The summed E-state index contributed by atoms with van der Waals surface area (Å²) < 4.78 is 0. The maximum atomic E-state index is 10.9. The molecule has 0 saturated heterocycles. The molecular weight excluding hydrogens is 236 g/mol. The quantitative estimate of drug-likeness (QED) is 0.525. The third-order valence-corrected chi connectivity index (χ3v) is 2.83. The van der Waals surface area contributed by atoms with Crippen LogP contribution in [0.1, 0.15) is 13.8 Å². The minimum atomic E-state index is -0.481. The highest BCUT2D eigenvalue weighted by molar-refractivity contribution is 5.60. The Labute approximate surface area is 105 Å². The second kappa shape index (κ2) is 6.15. The molecule has 18 heavy (non-hydrogen) atoms. The predicted molar refractivity (Wildman–Crippen MR) is 69.8 cm³/mol. The fourth-order valence-electron chi connectivity index (χ4n) is 1.36. The molecule has 3 N–H and O–H groups in total. The van der Waals surface area contributed by atoms with Crippen LogP contribution in [0.25, 0.3) is 0 Å². The van der Waals surface area contributed by atoms with E-state index < -0.39 is 4.92 Å². The predicted octanol–water partition coefficient (Wildman–Crippen LogP) is 1.46. The van der Waals surface area contributed by atoms with Crippen molar-refractivity contribution in [2.75, 3.05) is 24.3 Å². The van der Waals surface area contributed by atoms with Crippen molar-refractivity contribution >= 4 is 17.3 Å². The first-order chi connectivity index (χ1) is 8.49. The molecule has 0 radical (unpaired) electrons. The lowest BCUT2D eigenvalue weighted by Gasteiger charge is -2.19. The van der Waals surface area contributed by atoms with Crippen molar-refractivity contribution in [1.29, 1.82) is 0 Å². The summed E-state index contributed by atoms with van der Waals surface area (Å²) in [5, 5.41) is 25.7. The van der Waals surface area contributed by atoms with E-state index in [-0.39, 0.29) is 30.1 Å². The van der Waals surface area contributed by atoms with E-state index in [0.717, 1.165) is 0 Å². The summed E-state index contributed by atoms with van der Waals surface area (Å²) >= 11 is 0. The van der Waals surface area contributed by atoms with Gasteiger partial charge in [0.25, 0.3) is 0 Å². The first-order valence-corrected chi connectivity index (χ1v) is 5.70. The van der Waals surface area contributed by atoms with E-state index >= 15 is 0 Å². The number of aliphatic hydroxyl groups excluding tert-OH is 1. The average molecular weight is 254 g/mol. The van der Waals surface area contributed by atoms with Crippen molar-refractivity contribution in [3.63, 3.8) is 0 Å². The van der Waals surface area contributed by atoms with Crippen LogP contribution in [0, 0.1) is 16.0 Å². The molecule has 0 aliphatic rings. The molecule has 0 aromatic carbocycles. The second-order valence-corrected chi connectivity index (χ2v) is 4.16. The van der Waals surface area contributed by atoms with Gasteiger partial charge in [-0.05, 0) is 18.9 Å². The summed E-state index contributed by atoms with van der Waals surface area (Å²) in [6.45, 7) is 3.71. The molecule has 0 aliphatic heterocycles. The van der Waals surface area contributed by atoms with E-state index in [0.29, 0.717) is 5.82 Å². The lowest BCUT2D eigenvalue weighted by Crippen LogP contribution is -2.27. The molecule has 0 bridgehead atoms. The van der Waals surface area contributed by atoms with Crippen LogP contribution in [0.5, 0.6) is 0 Å². The fourth-order valence-corrected chi connectivity index (χ4v) is 1.36. The maximum Gasteiger partial charge on any atom is 0.311 e. The molecule has 0 spiro atoms. The Hall–Kier alpha value is -1.89. The fraction of sp³-hybridized carbons (Fsp3) is 0.545. The molecule has 100 valence electrons. The van der Waals surface area contributed by atoms with Crippen LogP contribution in [-0.2, 0) is 0 Å². The van der Waals surface area contributed by atoms with Gasteiger partial charge in [0, 0.05) is 25.8 Å². The maximum absolute atomic E-state index is 10.9. The monoisotopic (exact) mass is 254 g/mol. The zero-order valence-electron chi connectivity index (χ0n) is 10.7. The Balaban J connectivity index is 3.00. The smallest absolute Gasteiger partial charge is 0.311 e. The third-order valence-electron chi connectivity index (χ3n) is 2.83. The molecule has 7 nitrogen and oxygen atoms in total. The number of rotatable bonds is 6. The molecule has 0 amide bonds. The van der Waals surface area contributed by atoms with Gasteiger partial charge in [-0.1, -0.05) is 6.92 Å². The normalized spacial score (nSPS) is 13.8. The van der Waals surface area contributed by atoms with Gasteiger partial charge >= 0.3 is 5.69 Å². The highest BCUT2D eigenvalue weighted by atomic mass is 16.6. The molecule has 7 heteroatoms. The first kappa shape index (κ1) is 14.2. The van der Waals surface area contributed by atoms with Crippen LogP contribution in [-0.4, -0.2) is 34.7 Å². The Kier molecular flexibility index (Phi) is 4.85. The van der Waals surface area contributed by atoms with Crippen LogP contribution in [0.3, 0.4) is 0 Å². The van der Waals surface area contributed by atoms with Crippen LogP contribution in [0.2, 0.25) is 0 Å². The second-order valence-electron chi connectivity index (χ2n) is 4.16. The molecule has 2 atom stereocenters. The van der Waals surface area contributed by atoms with E-state index in [4.69, 9.17) is 5.11 Å². The number of nitro groups is 1. The lowest BCUT2D eigenvalue weighted by molar-refractivity contribution is -0.384. The topological polar surface area (TPSA) is 100 Å². The van der Waals surface area contributed by atoms with Gasteiger partial charge in [0.05, 0.1) is 4.92 Å². The van der Waals surface area contributed by atoms with Crippen molar-refractivity contribution in [1.82, 2.24) is 4.98 Å². The number of aromatic nitrogens is 1. The lowest BCUT2D eigenvalue weighted by atomic mass is 10.1. The van der Waals surface area contributed by atoms with Crippen molar-refractivity contribution < 1.29 is 10.0 Å². The minimum absolute atomic E-state index is 0.00762.